The molecule has 204 valence electrons. The van der Waals surface area contributed by atoms with Crippen LogP contribution in [0.15, 0.2) is 80.0 Å². The molecule has 5 aromatic rings. The number of anilines is 2. The van der Waals surface area contributed by atoms with E-state index < -0.39 is 0 Å². The lowest BCUT2D eigenvalue weighted by Crippen LogP contribution is -2.44. The van der Waals surface area contributed by atoms with Crippen LogP contribution >= 0.6 is 0 Å². The molecule has 1 amide bonds. The molecule has 10 heteroatoms. The van der Waals surface area contributed by atoms with Crippen LogP contribution in [0, 0.1) is 11.3 Å². The summed E-state index contributed by atoms with van der Waals surface area (Å²) >= 11 is 0. The van der Waals surface area contributed by atoms with Crippen molar-refractivity contribution in [1.82, 2.24) is 29.3 Å². The number of fused-ring (bicyclic) bond motifs is 1. The van der Waals surface area contributed by atoms with Crippen molar-refractivity contribution in [1.29, 1.82) is 5.26 Å². The van der Waals surface area contributed by atoms with Crippen molar-refractivity contribution in [2.24, 2.45) is 7.05 Å². The summed E-state index contributed by atoms with van der Waals surface area (Å²) in [5.74, 6) is -0.243. The number of nitrogens with one attached hydrogen (secondary N) is 1. The Morgan fingerprint density at radius 1 is 0.951 bits per heavy atom. The molecule has 0 spiro atoms. The maximum Gasteiger partial charge on any atom is 0.247 e. The first kappa shape index (κ1) is 26.0. The normalized spacial score (nSPS) is 13.7. The Hall–Kier alpha value is -5.27. The Balaban J connectivity index is 1.39. The van der Waals surface area contributed by atoms with E-state index in [4.69, 9.17) is 4.98 Å². The number of nitrogens with zero attached hydrogens (tertiary/aromatic N) is 8. The Bertz CT molecular complexity index is 1800. The summed E-state index contributed by atoms with van der Waals surface area (Å²) in [7, 11) is 3.99. The van der Waals surface area contributed by atoms with Crippen LogP contribution in [-0.2, 0) is 11.8 Å². The van der Waals surface area contributed by atoms with E-state index in [1.807, 2.05) is 56.0 Å². The fraction of sp³-hybridized carbons (Fsp3) is 0.194. The van der Waals surface area contributed by atoms with Gasteiger partial charge in [0.15, 0.2) is 0 Å². The molecule has 0 saturated carbocycles. The minimum atomic E-state index is -0.243. The highest BCUT2D eigenvalue weighted by atomic mass is 16.1. The first-order valence-electron chi connectivity index (χ1n) is 13.3. The van der Waals surface area contributed by atoms with Crippen molar-refractivity contribution >= 4 is 22.8 Å². The standard InChI is InChI=1S/C31H29N9O/c1-4-30(41)36-28-8-5-21(14-29(28)39-11-9-37(2)10-12-39)27-7-6-22(16-33-27)26-13-23(25-18-34-38(3)19-25)20-40-31(26)24(15-32)17-35-40/h4-8,13-14,16-20H,1,9-12H2,2-3H3,(H,36,41). The quantitative estimate of drug-likeness (QED) is 0.320. The molecule has 1 N–H and O–H groups in total. The molecule has 0 bridgehead atoms. The number of aromatic nitrogens is 5. The maximum absolute atomic E-state index is 12.1. The smallest absolute Gasteiger partial charge is 0.247 e. The number of rotatable bonds is 6. The van der Waals surface area contributed by atoms with Crippen molar-refractivity contribution in [3.63, 3.8) is 0 Å². The van der Waals surface area contributed by atoms with Gasteiger partial charge in [0.2, 0.25) is 5.91 Å². The van der Waals surface area contributed by atoms with Crippen LogP contribution in [0.4, 0.5) is 11.4 Å². The van der Waals surface area contributed by atoms with E-state index in [0.717, 1.165) is 76.6 Å². The number of carbonyl (C=O) groups is 1. The SMILES string of the molecule is C=CC(=O)Nc1ccc(-c2ccc(-c3cc(-c4cnn(C)c4)cn4ncc(C#N)c34)cn2)cc1N1CCN(C)CC1. The summed E-state index contributed by atoms with van der Waals surface area (Å²) in [6.07, 6.45) is 10.3. The first-order valence-corrected chi connectivity index (χ1v) is 13.3. The van der Waals surface area contributed by atoms with Crippen LogP contribution in [0.5, 0.6) is 0 Å². The topological polar surface area (TPSA) is 107 Å². The summed E-state index contributed by atoms with van der Waals surface area (Å²) in [5.41, 5.74) is 8.30. The van der Waals surface area contributed by atoms with Gasteiger partial charge in [0.25, 0.3) is 0 Å². The fourth-order valence-corrected chi connectivity index (χ4v) is 5.16. The molecule has 1 aromatic carbocycles. The van der Waals surface area contributed by atoms with Crippen LogP contribution in [0.25, 0.3) is 39.0 Å². The second-order valence-corrected chi connectivity index (χ2v) is 10.2. The second-order valence-electron chi connectivity index (χ2n) is 10.2. The molecule has 1 saturated heterocycles. The number of amides is 1. The zero-order valence-electron chi connectivity index (χ0n) is 22.9. The number of nitriles is 1. The Morgan fingerprint density at radius 2 is 1.76 bits per heavy atom. The lowest BCUT2D eigenvalue weighted by molar-refractivity contribution is -0.111. The molecule has 10 nitrogen and oxygen atoms in total. The number of hydrogen-bond acceptors (Lipinski definition) is 7. The zero-order valence-corrected chi connectivity index (χ0v) is 22.9. The lowest BCUT2D eigenvalue weighted by atomic mass is 10.0. The highest BCUT2D eigenvalue weighted by molar-refractivity contribution is 6.01. The van der Waals surface area contributed by atoms with E-state index in [1.54, 1.807) is 21.6 Å². The van der Waals surface area contributed by atoms with Crippen LogP contribution in [0.3, 0.4) is 0 Å². The van der Waals surface area contributed by atoms with Crippen LogP contribution in [0.1, 0.15) is 5.56 Å². The maximum atomic E-state index is 12.1. The molecular formula is C31H29N9O. The van der Waals surface area contributed by atoms with Gasteiger partial charge in [-0.25, -0.2) is 4.52 Å². The molecule has 0 radical (unpaired) electrons. The summed E-state index contributed by atoms with van der Waals surface area (Å²) < 4.78 is 3.49. The number of hydrogen-bond donors (Lipinski definition) is 1. The highest BCUT2D eigenvalue weighted by Crippen LogP contribution is 2.35. The van der Waals surface area contributed by atoms with Gasteiger partial charge in [-0.15, -0.1) is 0 Å². The van der Waals surface area contributed by atoms with Crippen molar-refractivity contribution in [2.45, 2.75) is 0 Å². The minimum absolute atomic E-state index is 0.243. The Kier molecular flexibility index (Phi) is 6.79. The number of carbonyl (C=O) groups excluding carboxylic acids is 1. The van der Waals surface area contributed by atoms with Crippen molar-refractivity contribution < 1.29 is 4.79 Å². The highest BCUT2D eigenvalue weighted by Gasteiger charge is 2.20. The molecule has 0 atom stereocenters. The van der Waals surface area contributed by atoms with Gasteiger partial charge in [-0.05, 0) is 37.4 Å². The van der Waals surface area contributed by atoms with Gasteiger partial charge in [-0.2, -0.15) is 15.5 Å². The third-order valence-electron chi connectivity index (χ3n) is 7.43. The summed E-state index contributed by atoms with van der Waals surface area (Å²) in [6, 6.07) is 14.3. The molecule has 0 aliphatic carbocycles. The van der Waals surface area contributed by atoms with Gasteiger partial charge in [-0.3, -0.25) is 14.5 Å². The monoisotopic (exact) mass is 543 g/mol. The molecule has 1 aliphatic heterocycles. The van der Waals surface area contributed by atoms with Gasteiger partial charge in [0.1, 0.15) is 6.07 Å². The van der Waals surface area contributed by atoms with E-state index in [-0.39, 0.29) is 5.91 Å². The zero-order chi connectivity index (χ0) is 28.5. The average Bonchev–Trinajstić information content (AvgIpc) is 3.63. The number of piperazine rings is 1. The van der Waals surface area contributed by atoms with Crippen LogP contribution < -0.4 is 10.2 Å². The molecule has 1 aliphatic rings. The molecule has 5 heterocycles. The summed E-state index contributed by atoms with van der Waals surface area (Å²) in [4.78, 5) is 21.5. The minimum Gasteiger partial charge on any atom is -0.367 e. The molecule has 1 fully saturated rings. The predicted molar refractivity (Wildman–Crippen MR) is 159 cm³/mol. The number of aryl methyl sites for hydroxylation is 1. The largest absolute Gasteiger partial charge is 0.367 e. The van der Waals surface area contributed by atoms with E-state index in [2.05, 4.69) is 51.1 Å². The Morgan fingerprint density at radius 3 is 2.44 bits per heavy atom. The van der Waals surface area contributed by atoms with Crippen molar-refractivity contribution in [2.75, 3.05) is 43.4 Å². The van der Waals surface area contributed by atoms with Gasteiger partial charge in [-0.1, -0.05) is 18.7 Å². The van der Waals surface area contributed by atoms with E-state index in [9.17, 15) is 10.1 Å². The van der Waals surface area contributed by atoms with Crippen molar-refractivity contribution in [3.8, 4) is 39.6 Å². The molecule has 6 rings (SSSR count). The fourth-order valence-electron chi connectivity index (χ4n) is 5.16. The summed E-state index contributed by atoms with van der Waals surface area (Å²) in [6.45, 7) is 7.19. The molecule has 41 heavy (non-hydrogen) atoms. The number of benzene rings is 1. The van der Waals surface area contributed by atoms with E-state index in [1.165, 1.54) is 6.08 Å². The first-order chi connectivity index (χ1) is 19.9. The number of pyridine rings is 2. The lowest BCUT2D eigenvalue weighted by Gasteiger charge is -2.35. The molecule has 4 aromatic heterocycles. The van der Waals surface area contributed by atoms with Gasteiger partial charge in [0, 0.05) is 79.6 Å². The third-order valence-corrected chi connectivity index (χ3v) is 7.43. The van der Waals surface area contributed by atoms with Gasteiger partial charge in [0.05, 0.1) is 40.5 Å². The Labute approximate surface area is 237 Å². The van der Waals surface area contributed by atoms with Gasteiger partial charge < -0.3 is 15.1 Å². The predicted octanol–water partition coefficient (Wildman–Crippen LogP) is 4.21. The van der Waals surface area contributed by atoms with Crippen LogP contribution in [0.2, 0.25) is 0 Å². The summed E-state index contributed by atoms with van der Waals surface area (Å²) in [5, 5.41) is 21.4. The molecule has 0 unspecified atom stereocenters. The number of likely N-dealkylation sites (N-methyl/N-ethyl adjacent to an activating group) is 1. The average molecular weight is 544 g/mol. The van der Waals surface area contributed by atoms with E-state index >= 15 is 0 Å². The molecular weight excluding hydrogens is 514 g/mol. The third kappa shape index (κ3) is 5.06. The van der Waals surface area contributed by atoms with E-state index in [0.29, 0.717) is 5.56 Å². The van der Waals surface area contributed by atoms with Crippen LogP contribution in [-0.4, -0.2) is 68.4 Å². The second kappa shape index (κ2) is 10.7. The van der Waals surface area contributed by atoms with Crippen molar-refractivity contribution in [3.05, 3.63) is 85.6 Å². The van der Waals surface area contributed by atoms with Gasteiger partial charge >= 0.3 is 0 Å².